The minimum absolute atomic E-state index is 0.00733. The normalized spacial score (nSPS) is 15.5. The summed E-state index contributed by atoms with van der Waals surface area (Å²) in [4.78, 5) is 28.3. The molecule has 1 atom stereocenters. The van der Waals surface area contributed by atoms with Gasteiger partial charge in [0.05, 0.1) is 24.8 Å². The molecular formula is C29H31NO6. The zero-order valence-electron chi connectivity index (χ0n) is 20.8. The maximum Gasteiger partial charge on any atom is 0.290 e. The van der Waals surface area contributed by atoms with Gasteiger partial charge in [-0.15, -0.1) is 0 Å². The zero-order chi connectivity index (χ0) is 25.7. The van der Waals surface area contributed by atoms with Crippen molar-refractivity contribution in [1.82, 2.24) is 4.90 Å². The number of aryl methyl sites for hydroxylation is 1. The van der Waals surface area contributed by atoms with Crippen molar-refractivity contribution in [3.8, 4) is 11.5 Å². The van der Waals surface area contributed by atoms with Crippen LogP contribution in [-0.2, 0) is 11.2 Å². The van der Waals surface area contributed by atoms with Crippen LogP contribution in [0.25, 0.3) is 0 Å². The van der Waals surface area contributed by atoms with Gasteiger partial charge in [0.2, 0.25) is 5.78 Å². The third-order valence-electron chi connectivity index (χ3n) is 6.04. The van der Waals surface area contributed by atoms with E-state index in [0.717, 1.165) is 12.0 Å². The Balaban J connectivity index is 1.75. The van der Waals surface area contributed by atoms with Gasteiger partial charge in [-0.2, -0.15) is 0 Å². The maximum absolute atomic E-state index is 13.5. The average molecular weight is 490 g/mol. The van der Waals surface area contributed by atoms with Crippen molar-refractivity contribution in [2.24, 2.45) is 0 Å². The molecule has 1 N–H and O–H groups in total. The van der Waals surface area contributed by atoms with Gasteiger partial charge in [-0.25, -0.2) is 0 Å². The standard InChI is InChI=1S/C29H31NO6/c1-4-17-35-22-14-12-21(18-24(22)34-5-2)26-25(27(31)23-13-11-19(3)36-23)28(32)29(33)30(26)16-15-20-9-7-6-8-10-20/h6-14,18,26,32H,4-5,15-17H2,1-3H3. The molecule has 2 heterocycles. The minimum Gasteiger partial charge on any atom is -0.503 e. The molecule has 1 aliphatic heterocycles. The summed E-state index contributed by atoms with van der Waals surface area (Å²) in [6.07, 6.45) is 1.41. The SMILES string of the molecule is CCCOc1ccc(C2C(C(=O)c3ccc(C)o3)=C(O)C(=O)N2CCc2ccccc2)cc1OCC. The summed E-state index contributed by atoms with van der Waals surface area (Å²) < 4.78 is 17.2. The molecule has 3 aromatic rings. The Morgan fingerprint density at radius 1 is 1.03 bits per heavy atom. The fourth-order valence-corrected chi connectivity index (χ4v) is 4.34. The molecule has 1 unspecified atom stereocenters. The fourth-order valence-electron chi connectivity index (χ4n) is 4.34. The molecule has 4 rings (SSSR count). The second kappa shape index (κ2) is 11.2. The molecule has 2 aromatic carbocycles. The van der Waals surface area contributed by atoms with Gasteiger partial charge in [0.1, 0.15) is 5.76 Å². The summed E-state index contributed by atoms with van der Waals surface area (Å²) in [7, 11) is 0. The lowest BCUT2D eigenvalue weighted by Crippen LogP contribution is -2.33. The Morgan fingerprint density at radius 2 is 1.81 bits per heavy atom. The number of carbonyl (C=O) groups is 2. The van der Waals surface area contributed by atoms with Gasteiger partial charge in [-0.05, 0) is 62.1 Å². The molecule has 1 amide bonds. The van der Waals surface area contributed by atoms with Crippen molar-refractivity contribution in [2.45, 2.75) is 39.7 Å². The van der Waals surface area contributed by atoms with Gasteiger partial charge in [-0.3, -0.25) is 9.59 Å². The highest BCUT2D eigenvalue weighted by molar-refractivity contribution is 6.15. The number of ether oxygens (including phenoxy) is 2. The van der Waals surface area contributed by atoms with Gasteiger partial charge in [0.25, 0.3) is 5.91 Å². The van der Waals surface area contributed by atoms with Crippen molar-refractivity contribution < 1.29 is 28.6 Å². The van der Waals surface area contributed by atoms with Crippen molar-refractivity contribution in [2.75, 3.05) is 19.8 Å². The molecule has 0 aliphatic carbocycles. The van der Waals surface area contributed by atoms with Crippen LogP contribution in [0.4, 0.5) is 0 Å². The Kier molecular flexibility index (Phi) is 7.78. The number of aliphatic hydroxyl groups excluding tert-OH is 1. The molecule has 0 saturated heterocycles. The molecule has 0 bridgehead atoms. The first-order chi connectivity index (χ1) is 17.4. The zero-order valence-corrected chi connectivity index (χ0v) is 20.8. The van der Waals surface area contributed by atoms with Gasteiger partial charge >= 0.3 is 0 Å². The summed E-state index contributed by atoms with van der Waals surface area (Å²) >= 11 is 0. The lowest BCUT2D eigenvalue weighted by molar-refractivity contribution is -0.129. The van der Waals surface area contributed by atoms with Gasteiger partial charge in [-0.1, -0.05) is 43.3 Å². The first kappa shape index (κ1) is 25.1. The Hall–Kier alpha value is -4.00. The number of hydrogen-bond donors (Lipinski definition) is 1. The van der Waals surface area contributed by atoms with E-state index in [0.29, 0.717) is 49.0 Å². The van der Waals surface area contributed by atoms with E-state index in [1.165, 1.54) is 4.90 Å². The number of Topliss-reactive ketones (excluding diaryl/α,β-unsaturated/α-hetero) is 1. The number of benzene rings is 2. The van der Waals surface area contributed by atoms with Crippen LogP contribution < -0.4 is 9.47 Å². The second-order valence-electron chi connectivity index (χ2n) is 8.63. The average Bonchev–Trinajstić information content (AvgIpc) is 3.43. The Labute approximate surface area is 210 Å². The summed E-state index contributed by atoms with van der Waals surface area (Å²) in [6, 6.07) is 17.6. The lowest BCUT2D eigenvalue weighted by Gasteiger charge is -2.27. The minimum atomic E-state index is -0.807. The van der Waals surface area contributed by atoms with Crippen molar-refractivity contribution in [3.63, 3.8) is 0 Å². The van der Waals surface area contributed by atoms with Gasteiger partial charge < -0.3 is 23.9 Å². The molecule has 7 nitrogen and oxygen atoms in total. The van der Waals surface area contributed by atoms with E-state index in [1.54, 1.807) is 37.3 Å². The van der Waals surface area contributed by atoms with Crippen LogP contribution >= 0.6 is 0 Å². The monoisotopic (exact) mass is 489 g/mol. The van der Waals surface area contributed by atoms with E-state index in [4.69, 9.17) is 13.9 Å². The number of ketones is 1. The summed E-state index contributed by atoms with van der Waals surface area (Å²) in [6.45, 7) is 6.90. The number of aliphatic hydroxyl groups is 1. The van der Waals surface area contributed by atoms with E-state index in [9.17, 15) is 14.7 Å². The fraction of sp³-hybridized carbons (Fsp3) is 0.310. The highest BCUT2D eigenvalue weighted by atomic mass is 16.5. The number of carbonyl (C=O) groups excluding carboxylic acids is 2. The highest BCUT2D eigenvalue weighted by Crippen LogP contribution is 2.42. The summed E-state index contributed by atoms with van der Waals surface area (Å²) in [5, 5.41) is 10.9. The number of rotatable bonds is 11. The van der Waals surface area contributed by atoms with Crippen LogP contribution in [0.2, 0.25) is 0 Å². The van der Waals surface area contributed by atoms with E-state index < -0.39 is 23.5 Å². The second-order valence-corrected chi connectivity index (χ2v) is 8.63. The molecule has 188 valence electrons. The number of furan rings is 1. The molecule has 36 heavy (non-hydrogen) atoms. The lowest BCUT2D eigenvalue weighted by atomic mass is 9.94. The molecule has 7 heteroatoms. The van der Waals surface area contributed by atoms with Gasteiger partial charge in [0, 0.05) is 6.54 Å². The van der Waals surface area contributed by atoms with E-state index in [2.05, 4.69) is 0 Å². The van der Waals surface area contributed by atoms with Crippen LogP contribution in [0.5, 0.6) is 11.5 Å². The van der Waals surface area contributed by atoms with E-state index in [1.807, 2.05) is 44.2 Å². The number of nitrogens with zero attached hydrogens (tertiary/aromatic N) is 1. The number of amides is 1. The maximum atomic E-state index is 13.5. The van der Waals surface area contributed by atoms with Crippen molar-refractivity contribution in [3.05, 3.63) is 94.6 Å². The Morgan fingerprint density at radius 3 is 2.47 bits per heavy atom. The van der Waals surface area contributed by atoms with Crippen LogP contribution in [0, 0.1) is 6.92 Å². The molecule has 1 aromatic heterocycles. The van der Waals surface area contributed by atoms with Crippen molar-refractivity contribution in [1.29, 1.82) is 0 Å². The summed E-state index contributed by atoms with van der Waals surface area (Å²) in [5.74, 6) is 0.0749. The predicted octanol–water partition coefficient (Wildman–Crippen LogP) is 5.60. The van der Waals surface area contributed by atoms with Crippen LogP contribution in [-0.4, -0.2) is 41.5 Å². The number of hydrogen-bond acceptors (Lipinski definition) is 6. The quantitative estimate of drug-likeness (QED) is 0.353. The molecule has 0 spiro atoms. The molecular weight excluding hydrogens is 458 g/mol. The first-order valence-corrected chi connectivity index (χ1v) is 12.2. The van der Waals surface area contributed by atoms with E-state index in [-0.39, 0.29) is 11.3 Å². The van der Waals surface area contributed by atoms with E-state index >= 15 is 0 Å². The molecule has 1 aliphatic rings. The molecule has 0 radical (unpaired) electrons. The smallest absolute Gasteiger partial charge is 0.290 e. The largest absolute Gasteiger partial charge is 0.503 e. The third kappa shape index (κ3) is 5.15. The van der Waals surface area contributed by atoms with Crippen LogP contribution in [0.3, 0.4) is 0 Å². The van der Waals surface area contributed by atoms with Crippen LogP contribution in [0.15, 0.2) is 76.4 Å². The Bertz CT molecular complexity index is 1260. The predicted molar refractivity (Wildman–Crippen MR) is 135 cm³/mol. The highest BCUT2D eigenvalue weighted by Gasteiger charge is 2.44. The third-order valence-corrected chi connectivity index (χ3v) is 6.04. The van der Waals surface area contributed by atoms with Crippen molar-refractivity contribution >= 4 is 11.7 Å². The molecule has 0 saturated carbocycles. The summed E-state index contributed by atoms with van der Waals surface area (Å²) in [5.41, 5.74) is 1.68. The van der Waals surface area contributed by atoms with Crippen LogP contribution in [0.1, 0.15) is 53.8 Å². The van der Waals surface area contributed by atoms with Gasteiger partial charge in [0.15, 0.2) is 23.0 Å². The topological polar surface area (TPSA) is 89.2 Å². The molecule has 0 fully saturated rings. The first-order valence-electron chi connectivity index (χ1n) is 12.2.